The summed E-state index contributed by atoms with van der Waals surface area (Å²) >= 11 is 6.22. The first-order chi connectivity index (χ1) is 18.9. The normalized spacial score (nSPS) is 14.8. The average Bonchev–Trinajstić information content (AvgIpc) is 3.50. The molecule has 39 heavy (non-hydrogen) atoms. The van der Waals surface area contributed by atoms with Gasteiger partial charge >= 0.3 is 0 Å². The van der Waals surface area contributed by atoms with Gasteiger partial charge in [-0.2, -0.15) is 0 Å². The summed E-state index contributed by atoms with van der Waals surface area (Å²) in [5.74, 6) is 0.592. The highest BCUT2D eigenvalue weighted by Gasteiger charge is 2.35. The Labute approximate surface area is 231 Å². The number of fused-ring (bicyclic) bond motifs is 4. The highest BCUT2D eigenvalue weighted by Crippen LogP contribution is 2.33. The van der Waals surface area contributed by atoms with Gasteiger partial charge in [-0.05, 0) is 55.7 Å². The maximum Gasteiger partial charge on any atom is 0.274 e. The number of carbonyl (C=O) groups is 2. The van der Waals surface area contributed by atoms with Gasteiger partial charge in [0.25, 0.3) is 11.8 Å². The van der Waals surface area contributed by atoms with Gasteiger partial charge < -0.3 is 14.5 Å². The maximum atomic E-state index is 14.3. The van der Waals surface area contributed by atoms with Crippen molar-refractivity contribution in [1.29, 1.82) is 0 Å². The third kappa shape index (κ3) is 4.71. The van der Waals surface area contributed by atoms with Gasteiger partial charge in [0.1, 0.15) is 11.6 Å². The minimum absolute atomic E-state index is 0.151. The minimum Gasteiger partial charge on any atom is -0.358 e. The first kappa shape index (κ1) is 25.6. The van der Waals surface area contributed by atoms with Gasteiger partial charge in [0, 0.05) is 71.8 Å². The van der Waals surface area contributed by atoms with Crippen LogP contribution in [0.15, 0.2) is 42.5 Å². The van der Waals surface area contributed by atoms with E-state index in [1.165, 1.54) is 12.1 Å². The zero-order chi connectivity index (χ0) is 27.1. The van der Waals surface area contributed by atoms with Gasteiger partial charge in [-0.15, -0.1) is 0 Å². The molecule has 0 saturated carbocycles. The smallest absolute Gasteiger partial charge is 0.274 e. The molecule has 0 unspecified atom stereocenters. The van der Waals surface area contributed by atoms with Crippen LogP contribution in [0.3, 0.4) is 0 Å². The number of halogens is 2. The van der Waals surface area contributed by atoms with Crippen LogP contribution in [0.25, 0.3) is 10.9 Å². The molecular weight excluding hydrogens is 517 g/mol. The molecule has 202 valence electrons. The van der Waals surface area contributed by atoms with Crippen molar-refractivity contribution in [3.8, 4) is 0 Å². The summed E-state index contributed by atoms with van der Waals surface area (Å²) in [4.78, 5) is 39.9. The molecule has 0 spiro atoms. The van der Waals surface area contributed by atoms with Gasteiger partial charge in [0.2, 0.25) is 0 Å². The number of rotatable bonds is 6. The van der Waals surface area contributed by atoms with Crippen LogP contribution in [-0.4, -0.2) is 44.3 Å². The SMILES string of the molecule is CCCCN(C(=O)c1cccc(Cl)c1)c1nc2n(c1C(=O)N1CCc3[nH]c4ccc(F)cc4c3C1)CCCC2. The molecule has 0 aliphatic carbocycles. The predicted octanol–water partition coefficient (Wildman–Crippen LogP) is 6.14. The van der Waals surface area contributed by atoms with E-state index in [1.807, 2.05) is 9.47 Å². The number of nitrogens with zero attached hydrogens (tertiary/aromatic N) is 4. The van der Waals surface area contributed by atoms with Crippen molar-refractivity contribution >= 4 is 40.1 Å². The molecule has 9 heteroatoms. The summed E-state index contributed by atoms with van der Waals surface area (Å²) in [6, 6.07) is 11.6. The summed E-state index contributed by atoms with van der Waals surface area (Å²) in [6.07, 6.45) is 5.02. The largest absolute Gasteiger partial charge is 0.358 e. The molecule has 4 heterocycles. The van der Waals surface area contributed by atoms with Crippen molar-refractivity contribution in [2.45, 2.75) is 58.5 Å². The number of aromatic amines is 1. The van der Waals surface area contributed by atoms with Crippen LogP contribution < -0.4 is 4.90 Å². The van der Waals surface area contributed by atoms with Crippen LogP contribution in [0, 0.1) is 5.82 Å². The highest BCUT2D eigenvalue weighted by molar-refractivity contribution is 6.31. The van der Waals surface area contributed by atoms with E-state index in [0.29, 0.717) is 54.7 Å². The van der Waals surface area contributed by atoms with Crippen LogP contribution in [0.5, 0.6) is 0 Å². The topological polar surface area (TPSA) is 74.2 Å². The average molecular weight is 548 g/mol. The molecule has 4 aromatic rings. The molecule has 6 rings (SSSR count). The molecule has 2 aromatic heterocycles. The summed E-state index contributed by atoms with van der Waals surface area (Å²) in [5.41, 5.74) is 3.78. The number of unbranched alkanes of at least 4 members (excludes halogenated alkanes) is 1. The molecule has 2 aliphatic heterocycles. The Bertz CT molecular complexity index is 1580. The van der Waals surface area contributed by atoms with Crippen molar-refractivity contribution < 1.29 is 14.0 Å². The number of nitrogens with one attached hydrogen (secondary N) is 1. The number of imidazole rings is 1. The van der Waals surface area contributed by atoms with E-state index in [2.05, 4.69) is 11.9 Å². The van der Waals surface area contributed by atoms with Crippen molar-refractivity contribution in [2.24, 2.45) is 0 Å². The molecule has 2 aliphatic rings. The molecule has 0 radical (unpaired) electrons. The molecule has 0 bridgehead atoms. The minimum atomic E-state index is -0.300. The number of hydrogen-bond donors (Lipinski definition) is 1. The molecule has 1 N–H and O–H groups in total. The van der Waals surface area contributed by atoms with Crippen molar-refractivity contribution in [2.75, 3.05) is 18.0 Å². The Morgan fingerprint density at radius 2 is 2.00 bits per heavy atom. The molecular formula is C30H31ClFN5O2. The lowest BCUT2D eigenvalue weighted by Gasteiger charge is -2.29. The zero-order valence-electron chi connectivity index (χ0n) is 22.0. The van der Waals surface area contributed by atoms with Crippen LogP contribution >= 0.6 is 11.6 Å². The first-order valence-corrected chi connectivity index (χ1v) is 14.1. The molecule has 7 nitrogen and oxygen atoms in total. The quantitative estimate of drug-likeness (QED) is 0.315. The predicted molar refractivity (Wildman–Crippen MR) is 150 cm³/mol. The van der Waals surface area contributed by atoms with E-state index in [-0.39, 0.29) is 17.6 Å². The van der Waals surface area contributed by atoms with Gasteiger partial charge in [0.15, 0.2) is 11.5 Å². The van der Waals surface area contributed by atoms with Crippen LogP contribution in [0.4, 0.5) is 10.2 Å². The monoisotopic (exact) mass is 547 g/mol. The van der Waals surface area contributed by atoms with Crippen molar-refractivity contribution in [3.05, 3.63) is 81.6 Å². The Kier molecular flexibility index (Phi) is 6.89. The van der Waals surface area contributed by atoms with E-state index in [4.69, 9.17) is 16.6 Å². The lowest BCUT2D eigenvalue weighted by molar-refractivity contribution is 0.0723. The van der Waals surface area contributed by atoms with Gasteiger partial charge in [0.05, 0.1) is 0 Å². The van der Waals surface area contributed by atoms with E-state index in [0.717, 1.165) is 60.1 Å². The lowest BCUT2D eigenvalue weighted by Crippen LogP contribution is -2.39. The number of anilines is 1. The Hall–Kier alpha value is -3.65. The molecule has 0 saturated heterocycles. The fourth-order valence-electron chi connectivity index (χ4n) is 5.78. The Balaban J connectivity index is 1.41. The summed E-state index contributed by atoms with van der Waals surface area (Å²) in [5, 5.41) is 1.29. The van der Waals surface area contributed by atoms with Gasteiger partial charge in [-0.3, -0.25) is 14.5 Å². The van der Waals surface area contributed by atoms with E-state index in [1.54, 1.807) is 35.2 Å². The number of aromatic nitrogens is 3. The van der Waals surface area contributed by atoms with E-state index in [9.17, 15) is 14.0 Å². The maximum absolute atomic E-state index is 14.3. The second-order valence-electron chi connectivity index (χ2n) is 10.4. The molecule has 2 aromatic carbocycles. The van der Waals surface area contributed by atoms with Crippen LogP contribution in [-0.2, 0) is 25.9 Å². The summed E-state index contributed by atoms with van der Waals surface area (Å²) in [6.45, 7) is 4.10. The first-order valence-electron chi connectivity index (χ1n) is 13.7. The fourth-order valence-corrected chi connectivity index (χ4v) is 5.97. The summed E-state index contributed by atoms with van der Waals surface area (Å²) in [7, 11) is 0. The van der Waals surface area contributed by atoms with Gasteiger partial charge in [-0.25, -0.2) is 9.37 Å². The fraction of sp³-hybridized carbons (Fsp3) is 0.367. The standard InChI is InChI=1S/C30H31ClFN5O2/c1-2-3-13-37(29(38)19-7-6-8-20(31)16-19)28-27(36-14-5-4-9-26(36)34-28)30(39)35-15-12-25-23(18-35)22-17-21(32)10-11-24(22)33-25/h6-8,10-11,16-17,33H,2-5,9,12-15,18H2,1H3. The number of aryl methyl sites for hydroxylation is 1. The third-order valence-electron chi connectivity index (χ3n) is 7.80. The second kappa shape index (κ2) is 10.5. The number of carbonyl (C=O) groups excluding carboxylic acids is 2. The van der Waals surface area contributed by atoms with E-state index >= 15 is 0 Å². The lowest BCUT2D eigenvalue weighted by atomic mass is 10.0. The van der Waals surface area contributed by atoms with Crippen LogP contribution in [0.1, 0.15) is 70.5 Å². The highest BCUT2D eigenvalue weighted by atomic mass is 35.5. The number of benzene rings is 2. The third-order valence-corrected chi connectivity index (χ3v) is 8.03. The number of hydrogen-bond acceptors (Lipinski definition) is 3. The Morgan fingerprint density at radius 3 is 2.82 bits per heavy atom. The summed E-state index contributed by atoms with van der Waals surface area (Å²) < 4.78 is 16.1. The Morgan fingerprint density at radius 1 is 1.13 bits per heavy atom. The zero-order valence-corrected chi connectivity index (χ0v) is 22.7. The number of amides is 2. The second-order valence-corrected chi connectivity index (χ2v) is 10.8. The van der Waals surface area contributed by atoms with Gasteiger partial charge in [-0.1, -0.05) is 31.0 Å². The molecule has 0 atom stereocenters. The van der Waals surface area contributed by atoms with Crippen LogP contribution in [0.2, 0.25) is 5.02 Å². The number of H-pyrrole nitrogens is 1. The molecule has 0 fully saturated rings. The molecule has 2 amide bonds. The van der Waals surface area contributed by atoms with Crippen molar-refractivity contribution in [3.63, 3.8) is 0 Å². The van der Waals surface area contributed by atoms with E-state index < -0.39 is 0 Å². The van der Waals surface area contributed by atoms with Crippen molar-refractivity contribution in [1.82, 2.24) is 19.4 Å².